The zero-order valence-corrected chi connectivity index (χ0v) is 10.7. The average molecular weight is 211 g/mol. The van der Waals surface area contributed by atoms with Gasteiger partial charge in [-0.15, -0.1) is 0 Å². The molecule has 2 saturated carbocycles. The van der Waals surface area contributed by atoms with E-state index in [1.807, 2.05) is 13.8 Å². The van der Waals surface area contributed by atoms with Crippen molar-refractivity contribution in [3.05, 3.63) is 0 Å². The monoisotopic (exact) mass is 211 g/mol. The molecular formula is C14H29N. The van der Waals surface area contributed by atoms with Gasteiger partial charge in [0.25, 0.3) is 0 Å². The Bertz CT molecular complexity index is 116. The van der Waals surface area contributed by atoms with Crippen LogP contribution in [0.2, 0.25) is 0 Å². The first-order valence-electron chi connectivity index (χ1n) is 7.21. The van der Waals surface area contributed by atoms with Crippen LogP contribution in [0.25, 0.3) is 0 Å². The number of nitrogens with one attached hydrogen (secondary N) is 1. The molecule has 0 aromatic heterocycles. The van der Waals surface area contributed by atoms with Crippen molar-refractivity contribution >= 4 is 0 Å². The number of rotatable bonds is 2. The summed E-state index contributed by atoms with van der Waals surface area (Å²) in [6.07, 6.45) is 14.6. The van der Waals surface area contributed by atoms with Crippen molar-refractivity contribution < 1.29 is 0 Å². The molecule has 0 spiro atoms. The quantitative estimate of drug-likeness (QED) is 0.719. The SMILES string of the molecule is C1CCC(NC2CCCCC2)CC1.CC. The second kappa shape index (κ2) is 8.15. The van der Waals surface area contributed by atoms with Crippen molar-refractivity contribution in [2.75, 3.05) is 0 Å². The molecule has 0 aromatic carbocycles. The summed E-state index contributed by atoms with van der Waals surface area (Å²) < 4.78 is 0. The summed E-state index contributed by atoms with van der Waals surface area (Å²) in [5.74, 6) is 0. The molecule has 2 rings (SSSR count). The molecule has 90 valence electrons. The Kier molecular flexibility index (Phi) is 7.08. The third-order valence-corrected chi connectivity index (χ3v) is 3.68. The van der Waals surface area contributed by atoms with Gasteiger partial charge >= 0.3 is 0 Å². The van der Waals surface area contributed by atoms with Crippen molar-refractivity contribution in [2.24, 2.45) is 0 Å². The Morgan fingerprint density at radius 3 is 1.27 bits per heavy atom. The van der Waals surface area contributed by atoms with Gasteiger partial charge in [0.15, 0.2) is 0 Å². The van der Waals surface area contributed by atoms with Crippen LogP contribution in [0.5, 0.6) is 0 Å². The molecule has 0 bridgehead atoms. The van der Waals surface area contributed by atoms with E-state index in [4.69, 9.17) is 0 Å². The molecule has 0 saturated heterocycles. The van der Waals surface area contributed by atoms with E-state index >= 15 is 0 Å². The van der Waals surface area contributed by atoms with Gasteiger partial charge in [0.05, 0.1) is 0 Å². The largest absolute Gasteiger partial charge is 0.311 e. The van der Waals surface area contributed by atoms with Crippen LogP contribution in [0.15, 0.2) is 0 Å². The highest BCUT2D eigenvalue weighted by Crippen LogP contribution is 2.22. The van der Waals surface area contributed by atoms with Gasteiger partial charge in [-0.2, -0.15) is 0 Å². The summed E-state index contributed by atoms with van der Waals surface area (Å²) >= 11 is 0. The molecule has 0 amide bonds. The predicted molar refractivity (Wildman–Crippen MR) is 68.2 cm³/mol. The van der Waals surface area contributed by atoms with E-state index in [1.165, 1.54) is 64.2 Å². The molecule has 1 nitrogen and oxygen atoms in total. The molecule has 0 aromatic rings. The minimum Gasteiger partial charge on any atom is -0.311 e. The number of hydrogen-bond donors (Lipinski definition) is 1. The van der Waals surface area contributed by atoms with Gasteiger partial charge in [0, 0.05) is 12.1 Å². The van der Waals surface area contributed by atoms with Gasteiger partial charge in [-0.1, -0.05) is 52.4 Å². The highest BCUT2D eigenvalue weighted by Gasteiger charge is 2.19. The lowest BCUT2D eigenvalue weighted by Crippen LogP contribution is -2.40. The van der Waals surface area contributed by atoms with Gasteiger partial charge in [0.1, 0.15) is 0 Å². The summed E-state index contributed by atoms with van der Waals surface area (Å²) in [5.41, 5.74) is 0. The van der Waals surface area contributed by atoms with Crippen LogP contribution < -0.4 is 5.32 Å². The smallest absolute Gasteiger partial charge is 0.00696 e. The normalized spacial score (nSPS) is 24.4. The van der Waals surface area contributed by atoms with E-state index in [0.717, 1.165) is 12.1 Å². The van der Waals surface area contributed by atoms with E-state index in [-0.39, 0.29) is 0 Å². The Hall–Kier alpha value is -0.0400. The van der Waals surface area contributed by atoms with Crippen molar-refractivity contribution in [3.8, 4) is 0 Å². The van der Waals surface area contributed by atoms with E-state index in [1.54, 1.807) is 0 Å². The Morgan fingerprint density at radius 1 is 0.600 bits per heavy atom. The molecule has 0 heterocycles. The molecule has 0 unspecified atom stereocenters. The van der Waals surface area contributed by atoms with E-state index < -0.39 is 0 Å². The predicted octanol–water partition coefficient (Wildman–Crippen LogP) is 4.27. The minimum absolute atomic E-state index is 0.872. The first kappa shape index (κ1) is 13.0. The van der Waals surface area contributed by atoms with E-state index in [9.17, 15) is 0 Å². The fraction of sp³-hybridized carbons (Fsp3) is 1.00. The molecule has 15 heavy (non-hydrogen) atoms. The van der Waals surface area contributed by atoms with Crippen molar-refractivity contribution in [2.45, 2.75) is 90.1 Å². The summed E-state index contributed by atoms with van der Waals surface area (Å²) in [5, 5.41) is 3.86. The molecule has 2 aliphatic rings. The zero-order chi connectivity index (χ0) is 10.9. The van der Waals surface area contributed by atoms with Crippen LogP contribution in [0.1, 0.15) is 78.1 Å². The van der Waals surface area contributed by atoms with Crippen LogP contribution in [0.4, 0.5) is 0 Å². The Labute approximate surface area is 96.0 Å². The van der Waals surface area contributed by atoms with Gasteiger partial charge in [-0.3, -0.25) is 0 Å². The van der Waals surface area contributed by atoms with E-state index in [2.05, 4.69) is 5.32 Å². The van der Waals surface area contributed by atoms with Crippen LogP contribution >= 0.6 is 0 Å². The van der Waals surface area contributed by atoms with Crippen LogP contribution in [0.3, 0.4) is 0 Å². The van der Waals surface area contributed by atoms with Crippen molar-refractivity contribution in [3.63, 3.8) is 0 Å². The molecular weight excluding hydrogens is 182 g/mol. The third-order valence-electron chi connectivity index (χ3n) is 3.68. The molecule has 1 N–H and O–H groups in total. The Morgan fingerprint density at radius 2 is 0.933 bits per heavy atom. The van der Waals surface area contributed by atoms with Gasteiger partial charge in [-0.05, 0) is 25.7 Å². The molecule has 0 atom stereocenters. The molecule has 1 heteroatoms. The zero-order valence-electron chi connectivity index (χ0n) is 10.7. The van der Waals surface area contributed by atoms with Gasteiger partial charge in [0.2, 0.25) is 0 Å². The maximum Gasteiger partial charge on any atom is 0.00696 e. The maximum atomic E-state index is 3.86. The highest BCUT2D eigenvalue weighted by molar-refractivity contribution is 4.79. The van der Waals surface area contributed by atoms with Crippen LogP contribution in [-0.2, 0) is 0 Å². The average Bonchev–Trinajstić information content (AvgIpc) is 2.34. The molecule has 2 fully saturated rings. The maximum absolute atomic E-state index is 3.86. The molecule has 2 aliphatic carbocycles. The van der Waals surface area contributed by atoms with Gasteiger partial charge in [-0.25, -0.2) is 0 Å². The lowest BCUT2D eigenvalue weighted by Gasteiger charge is -2.30. The van der Waals surface area contributed by atoms with Crippen molar-refractivity contribution in [1.29, 1.82) is 0 Å². The van der Waals surface area contributed by atoms with Gasteiger partial charge < -0.3 is 5.32 Å². The molecule has 0 aliphatic heterocycles. The second-order valence-corrected chi connectivity index (χ2v) is 4.84. The highest BCUT2D eigenvalue weighted by atomic mass is 14.9. The second-order valence-electron chi connectivity index (χ2n) is 4.84. The Balaban J connectivity index is 0.000000531. The third kappa shape index (κ3) is 5.01. The lowest BCUT2D eigenvalue weighted by molar-refractivity contribution is 0.291. The first-order chi connectivity index (χ1) is 7.45. The summed E-state index contributed by atoms with van der Waals surface area (Å²) in [6.45, 7) is 4.00. The summed E-state index contributed by atoms with van der Waals surface area (Å²) in [7, 11) is 0. The summed E-state index contributed by atoms with van der Waals surface area (Å²) in [6, 6.07) is 1.74. The fourth-order valence-corrected chi connectivity index (χ4v) is 2.87. The fourth-order valence-electron chi connectivity index (χ4n) is 2.87. The standard InChI is InChI=1S/C12H23N.C2H6/c1-3-7-11(8-4-1)13-12-9-5-2-6-10-12;1-2/h11-13H,1-10H2;1-2H3. The lowest BCUT2D eigenvalue weighted by atomic mass is 9.91. The molecule has 0 radical (unpaired) electrons. The first-order valence-corrected chi connectivity index (χ1v) is 7.21. The van der Waals surface area contributed by atoms with Crippen molar-refractivity contribution in [1.82, 2.24) is 5.32 Å². The van der Waals surface area contributed by atoms with Crippen LogP contribution in [-0.4, -0.2) is 12.1 Å². The summed E-state index contributed by atoms with van der Waals surface area (Å²) in [4.78, 5) is 0. The van der Waals surface area contributed by atoms with Crippen LogP contribution in [0, 0.1) is 0 Å². The minimum atomic E-state index is 0.872. The topological polar surface area (TPSA) is 12.0 Å². The van der Waals surface area contributed by atoms with E-state index in [0.29, 0.717) is 0 Å². The number of hydrogen-bond acceptors (Lipinski definition) is 1.